The molecule has 1 radical (unpaired) electrons. The molecule has 0 aliphatic rings. The molecule has 0 atom stereocenters. The van der Waals surface area contributed by atoms with Crippen LogP contribution in [0.15, 0.2) is 53.6 Å². The van der Waals surface area contributed by atoms with Gasteiger partial charge in [0, 0.05) is 50.3 Å². The number of aromatic nitrogens is 1. The largest absolute Gasteiger partial charge is 0.480 e. The summed E-state index contributed by atoms with van der Waals surface area (Å²) in [5.41, 5.74) is 1.78. The summed E-state index contributed by atoms with van der Waals surface area (Å²) < 4.78 is 4.60. The van der Waals surface area contributed by atoms with Gasteiger partial charge in [0.1, 0.15) is 0 Å². The second kappa shape index (κ2) is 19.6. The summed E-state index contributed by atoms with van der Waals surface area (Å²) in [5, 5.41) is 16.1. The molecule has 0 amide bonds. The number of hydrogen-bond acceptors (Lipinski definition) is 8. The number of unbranched alkanes of at least 4 members (excludes halogenated alkanes) is 5. The normalized spacial score (nSPS) is 10.6. The first-order chi connectivity index (χ1) is 16.6. The van der Waals surface area contributed by atoms with Gasteiger partial charge in [0.25, 0.3) is 0 Å². The number of carboxylic acids is 1. The summed E-state index contributed by atoms with van der Waals surface area (Å²) in [5.74, 6) is 4.01. The summed E-state index contributed by atoms with van der Waals surface area (Å²) >= 11 is 6.36. The number of carboxylic acid groups (broad SMARTS) is 1. The van der Waals surface area contributed by atoms with Gasteiger partial charge in [0.15, 0.2) is 5.11 Å². The number of anilines is 1. The van der Waals surface area contributed by atoms with E-state index in [1.165, 1.54) is 0 Å². The first-order valence-corrected chi connectivity index (χ1v) is 12.4. The second-order valence-electron chi connectivity index (χ2n) is 7.70. The number of nitrogens with one attached hydrogen (secondary N) is 2. The Morgan fingerprint density at radius 1 is 1.09 bits per heavy atom. The first-order valence-electron chi connectivity index (χ1n) is 11.3. The number of thiocarbonyl (C=S) groups is 1. The quantitative estimate of drug-likeness (QED) is 0.0630. The van der Waals surface area contributed by atoms with Gasteiger partial charge in [-0.1, -0.05) is 31.7 Å². The van der Waals surface area contributed by atoms with Crippen LogP contribution in [-0.4, -0.2) is 45.7 Å². The number of benzene rings is 1. The maximum Gasteiger partial charge on any atom is 0.317 e. The van der Waals surface area contributed by atoms with Crippen LogP contribution in [0.5, 0.6) is 0 Å². The van der Waals surface area contributed by atoms with Crippen LogP contribution in [0.25, 0.3) is 0 Å². The van der Waals surface area contributed by atoms with Crippen molar-refractivity contribution in [2.45, 2.75) is 50.0 Å². The Balaban J connectivity index is 0.00000612. The van der Waals surface area contributed by atoms with Gasteiger partial charge in [-0.15, -0.1) is 9.32 Å². The van der Waals surface area contributed by atoms with Crippen LogP contribution in [-0.2, 0) is 41.1 Å². The number of rotatable bonds is 17. The Labute approximate surface area is 230 Å². The molecule has 1 aromatic carbocycles. The van der Waals surface area contributed by atoms with Crippen LogP contribution in [0, 0.1) is 0 Å². The Bertz CT molecular complexity index is 850. The van der Waals surface area contributed by atoms with Gasteiger partial charge in [-0.2, -0.15) is 5.90 Å². The van der Waals surface area contributed by atoms with E-state index in [9.17, 15) is 4.79 Å². The molecule has 1 aromatic heterocycles. The van der Waals surface area contributed by atoms with Gasteiger partial charge in [-0.25, -0.2) is 0 Å². The van der Waals surface area contributed by atoms with Crippen LogP contribution in [0.1, 0.15) is 44.2 Å². The molecule has 0 aliphatic carbocycles. The molecule has 9 nitrogen and oxygen atoms in total. The van der Waals surface area contributed by atoms with E-state index in [0.29, 0.717) is 11.7 Å². The summed E-state index contributed by atoms with van der Waals surface area (Å²) in [6.07, 6.45) is 8.25. The van der Waals surface area contributed by atoms with Crippen LogP contribution in [0.4, 0.5) is 5.69 Å². The number of pyridine rings is 1. The van der Waals surface area contributed by atoms with Gasteiger partial charge >= 0.3 is 5.97 Å². The van der Waals surface area contributed by atoms with Crippen molar-refractivity contribution in [2.75, 3.05) is 25.0 Å². The number of nitrogens with zero attached hydrogens (tertiary/aromatic N) is 2. The number of nitrogens with two attached hydrogens (primary N) is 1. The van der Waals surface area contributed by atoms with Crippen molar-refractivity contribution < 1.29 is 39.6 Å². The maximum atomic E-state index is 11.1. The van der Waals surface area contributed by atoms with Gasteiger partial charge in [0.05, 0.1) is 24.3 Å². The molecule has 0 bridgehead atoms. The average Bonchev–Trinajstić information content (AvgIpc) is 2.82. The van der Waals surface area contributed by atoms with Crippen molar-refractivity contribution in [3.63, 3.8) is 0 Å². The smallest absolute Gasteiger partial charge is 0.317 e. The fourth-order valence-electron chi connectivity index (χ4n) is 3.32. The Morgan fingerprint density at radius 2 is 1.80 bits per heavy atom. The zero-order valence-corrected chi connectivity index (χ0v) is 23.9. The van der Waals surface area contributed by atoms with E-state index < -0.39 is 5.97 Å². The molecule has 193 valence electrons. The third kappa shape index (κ3) is 15.2. The van der Waals surface area contributed by atoms with E-state index in [1.807, 2.05) is 47.4 Å². The van der Waals surface area contributed by atoms with Crippen LogP contribution >= 0.6 is 24.3 Å². The van der Waals surface area contributed by atoms with E-state index in [1.54, 1.807) is 6.20 Å². The van der Waals surface area contributed by atoms with Crippen molar-refractivity contribution in [3.05, 3.63) is 54.4 Å². The molecule has 1 heterocycles. The van der Waals surface area contributed by atoms with Gasteiger partial charge in [-0.05, 0) is 68.0 Å². The van der Waals surface area contributed by atoms with Crippen molar-refractivity contribution in [1.82, 2.24) is 15.2 Å². The van der Waals surface area contributed by atoms with Crippen molar-refractivity contribution in [3.8, 4) is 0 Å². The van der Waals surface area contributed by atoms with E-state index >= 15 is 0 Å². The molecule has 2 aromatic rings. The van der Waals surface area contributed by atoms with E-state index in [0.717, 1.165) is 79.9 Å². The number of hydrogen-bond donors (Lipinski definition) is 4. The standard InChI is InChI=1S/C23H33N5O4S2.Re/c24-31-32-34-21-12-10-19(11-13-21)27-23(33)26-15-6-3-1-2-4-8-16-28(18-22(29)30)17-20-9-5-7-14-25-20;/h5,7,9-14H,1-4,6,8,15-18,24H2,(H,29,30)(H2,26,27,33);. The molecular weight excluding hydrogens is 661 g/mol. The van der Waals surface area contributed by atoms with Gasteiger partial charge in [-0.3, -0.25) is 14.7 Å². The first kappa shape index (κ1) is 31.4. The third-order valence-electron chi connectivity index (χ3n) is 4.94. The van der Waals surface area contributed by atoms with E-state index in [4.69, 9.17) is 23.2 Å². The van der Waals surface area contributed by atoms with Gasteiger partial charge in [0.2, 0.25) is 0 Å². The van der Waals surface area contributed by atoms with Crippen LogP contribution in [0.2, 0.25) is 0 Å². The number of aliphatic carboxylic acids is 1. The summed E-state index contributed by atoms with van der Waals surface area (Å²) in [6.45, 7) is 2.18. The summed E-state index contributed by atoms with van der Waals surface area (Å²) in [4.78, 5) is 22.3. The van der Waals surface area contributed by atoms with Crippen molar-refractivity contribution >= 4 is 41.0 Å². The fraction of sp³-hybridized carbons (Fsp3) is 0.435. The topological polar surface area (TPSA) is 122 Å². The average molecular weight is 694 g/mol. The van der Waals surface area contributed by atoms with Crippen molar-refractivity contribution in [2.24, 2.45) is 5.90 Å². The Kier molecular flexibility index (Phi) is 17.6. The predicted octanol–water partition coefficient (Wildman–Crippen LogP) is 4.12. The molecule has 0 saturated carbocycles. The molecule has 0 fully saturated rings. The monoisotopic (exact) mass is 694 g/mol. The summed E-state index contributed by atoms with van der Waals surface area (Å²) in [6, 6.07) is 13.2. The predicted molar refractivity (Wildman–Crippen MR) is 138 cm³/mol. The van der Waals surface area contributed by atoms with Crippen molar-refractivity contribution in [1.29, 1.82) is 0 Å². The Morgan fingerprint density at radius 3 is 2.46 bits per heavy atom. The zero-order chi connectivity index (χ0) is 24.4. The second-order valence-corrected chi connectivity index (χ2v) is 8.88. The Hall–Kier alpha value is -1.62. The molecule has 0 aliphatic heterocycles. The third-order valence-corrected chi connectivity index (χ3v) is 5.80. The minimum absolute atomic E-state index is 0. The zero-order valence-electron chi connectivity index (χ0n) is 19.5. The van der Waals surface area contributed by atoms with Crippen LogP contribution < -0.4 is 16.5 Å². The molecular formula is C23H33N5O4ReS2. The molecule has 0 saturated heterocycles. The van der Waals surface area contributed by atoms with E-state index in [-0.39, 0.29) is 27.0 Å². The van der Waals surface area contributed by atoms with Crippen LogP contribution in [0.3, 0.4) is 0 Å². The van der Waals surface area contributed by atoms with Gasteiger partial charge < -0.3 is 15.7 Å². The molecule has 35 heavy (non-hydrogen) atoms. The SMILES string of the molecule is NOOSc1ccc(NC(=S)NCCCCCCCCN(CC(=O)O)Cc2ccccn2)cc1.[Re]. The molecule has 0 unspecified atom stereocenters. The minimum atomic E-state index is -0.806. The molecule has 12 heteroatoms. The summed E-state index contributed by atoms with van der Waals surface area (Å²) in [7, 11) is 0. The number of carbonyl (C=O) groups is 1. The molecule has 0 spiro atoms. The molecule has 5 N–H and O–H groups in total. The maximum absolute atomic E-state index is 11.1. The minimum Gasteiger partial charge on any atom is -0.480 e. The van der Waals surface area contributed by atoms with E-state index in [2.05, 4.69) is 24.9 Å². The fourth-order valence-corrected chi connectivity index (χ4v) is 3.91. The molecule has 2 rings (SSSR count).